The van der Waals surface area contributed by atoms with Crippen molar-refractivity contribution in [3.63, 3.8) is 0 Å². The topological polar surface area (TPSA) is 103 Å². The second kappa shape index (κ2) is 6.61. The Kier molecular flexibility index (Phi) is 3.92. The van der Waals surface area contributed by atoms with Crippen molar-refractivity contribution in [2.75, 3.05) is 10.6 Å². The van der Waals surface area contributed by atoms with Gasteiger partial charge in [-0.2, -0.15) is 0 Å². The maximum absolute atomic E-state index is 12.1. The fourth-order valence-corrected chi connectivity index (χ4v) is 5.19. The van der Waals surface area contributed by atoms with Gasteiger partial charge in [-0.15, -0.1) is 0 Å². The Hall–Kier alpha value is -3.91. The van der Waals surface area contributed by atoms with Crippen molar-refractivity contribution in [3.05, 3.63) is 66.9 Å². The van der Waals surface area contributed by atoms with Gasteiger partial charge in [-0.05, 0) is 42.5 Å². The number of pyridine rings is 1. The number of amides is 2. The third kappa shape index (κ3) is 2.86. The number of hydrogen-bond acceptors (Lipinski definition) is 5. The van der Waals surface area contributed by atoms with Crippen molar-refractivity contribution >= 4 is 43.4 Å². The minimum Gasteiger partial charge on any atom is -0.500 e. The van der Waals surface area contributed by atoms with Crippen LogP contribution in [0.4, 0.5) is 21.0 Å². The number of benzene rings is 2. The molecular weight excluding hydrogens is 390 g/mol. The highest BCUT2D eigenvalue weighted by Gasteiger charge is 2.36. The predicted molar refractivity (Wildman–Crippen MR) is 110 cm³/mol. The summed E-state index contributed by atoms with van der Waals surface area (Å²) in [5, 5.41) is 16.8. The highest BCUT2D eigenvalue weighted by molar-refractivity contribution is 7.57. The zero-order valence-electron chi connectivity index (χ0n) is 14.8. The number of carbonyl (C=O) groups excluding carboxylic acids is 2. The first kappa shape index (κ1) is 17.2. The van der Waals surface area contributed by atoms with Crippen molar-refractivity contribution < 1.29 is 19.4 Å². The zero-order valence-corrected chi connectivity index (χ0v) is 15.7. The van der Waals surface area contributed by atoms with Crippen LogP contribution in [0.15, 0.2) is 66.9 Å². The fourth-order valence-electron chi connectivity index (χ4n) is 3.37. The lowest BCUT2D eigenvalue weighted by atomic mass is 10.1. The standard InChI is InChI=1S/C21H13N3O4S/c25-20-23-15-10-11-22-19-16(15)17(24-20)18(29(19)21(26)27)12-6-8-14(9-7-12)28-13-4-2-1-3-5-13/h1-11H,(H2-,22,23,24,25,26,27). The molecule has 0 spiro atoms. The molecule has 1 aliphatic rings. The predicted octanol–water partition coefficient (Wildman–Crippen LogP) is 4.59. The minimum absolute atomic E-state index is 0.379. The van der Waals surface area contributed by atoms with E-state index in [-0.39, 0.29) is 0 Å². The molecule has 0 fully saturated rings. The van der Waals surface area contributed by atoms with Crippen LogP contribution in [0, 0.1) is 0 Å². The molecular formula is C21H13N3O4S. The summed E-state index contributed by atoms with van der Waals surface area (Å²) in [4.78, 5) is 29.2. The molecule has 142 valence electrons. The van der Waals surface area contributed by atoms with Crippen molar-refractivity contribution in [2.24, 2.45) is 0 Å². The monoisotopic (exact) mass is 403 g/mol. The number of carboxylic acid groups (broad SMARTS) is 1. The average molecular weight is 403 g/mol. The van der Waals surface area contributed by atoms with Crippen LogP contribution in [0.5, 0.6) is 11.5 Å². The highest BCUT2D eigenvalue weighted by atomic mass is 32.2. The van der Waals surface area contributed by atoms with Crippen LogP contribution < -0.4 is 20.5 Å². The van der Waals surface area contributed by atoms with Crippen LogP contribution in [0.25, 0.3) is 20.7 Å². The number of aromatic nitrogens is 1. The van der Waals surface area contributed by atoms with Crippen LogP contribution in [0.2, 0.25) is 0 Å². The summed E-state index contributed by atoms with van der Waals surface area (Å²) in [5.74, 6) is 1.31. The second-order valence-corrected chi connectivity index (χ2v) is 8.06. The molecule has 0 saturated heterocycles. The molecule has 4 aromatic rings. The number of para-hydroxylation sites is 1. The number of hydrogen-bond donors (Lipinski definition) is 2. The van der Waals surface area contributed by atoms with E-state index in [4.69, 9.17) is 4.74 Å². The Bertz CT molecular complexity index is 1270. The molecule has 3 heterocycles. The number of nitrogens with one attached hydrogen (secondary N) is 2. The van der Waals surface area contributed by atoms with E-state index < -0.39 is 21.8 Å². The number of carbonyl (C=O) groups is 2. The van der Waals surface area contributed by atoms with Crippen molar-refractivity contribution in [1.82, 2.24) is 4.98 Å². The summed E-state index contributed by atoms with van der Waals surface area (Å²) >= 11 is 0. The normalized spacial score (nSPS) is 13.0. The summed E-state index contributed by atoms with van der Waals surface area (Å²) in [6.45, 7) is 0. The Labute approximate surface area is 167 Å². The van der Waals surface area contributed by atoms with E-state index in [1.165, 1.54) is 6.20 Å². The van der Waals surface area contributed by atoms with Crippen LogP contribution >= 0.6 is 10.5 Å². The first-order valence-corrected chi connectivity index (χ1v) is 9.94. The van der Waals surface area contributed by atoms with Gasteiger partial charge in [0.25, 0.3) is 4.83 Å². The van der Waals surface area contributed by atoms with E-state index in [0.717, 1.165) is 0 Å². The number of rotatable bonds is 4. The SMILES string of the molecule is O=C1Nc2ccnc3c2c(c(-c2ccc(Oc4ccccc4)cc2)[s+]3C(=O)[O-])N1. The molecule has 8 heteroatoms. The third-order valence-corrected chi connectivity index (χ3v) is 6.42. The minimum atomic E-state index is -1.42. The van der Waals surface area contributed by atoms with Gasteiger partial charge in [0.15, 0.2) is 0 Å². The van der Waals surface area contributed by atoms with Crippen molar-refractivity contribution in [2.45, 2.75) is 0 Å². The summed E-state index contributed by atoms with van der Waals surface area (Å²) in [6, 6.07) is 17.6. The van der Waals surface area contributed by atoms with Gasteiger partial charge in [-0.1, -0.05) is 18.2 Å². The van der Waals surface area contributed by atoms with E-state index >= 15 is 0 Å². The number of nitrogens with zero attached hydrogens (tertiary/aromatic N) is 1. The fraction of sp³-hybridized carbons (Fsp3) is 0. The molecule has 29 heavy (non-hydrogen) atoms. The molecule has 5 rings (SSSR count). The Balaban J connectivity index is 1.64. The lowest BCUT2D eigenvalue weighted by Crippen LogP contribution is -2.23. The first-order chi connectivity index (χ1) is 14.1. The molecule has 0 radical (unpaired) electrons. The molecule has 1 aliphatic heterocycles. The molecule has 0 saturated carbocycles. The first-order valence-electron chi connectivity index (χ1n) is 8.72. The van der Waals surface area contributed by atoms with Gasteiger partial charge in [0.1, 0.15) is 22.6 Å². The van der Waals surface area contributed by atoms with Crippen LogP contribution in [0.1, 0.15) is 0 Å². The van der Waals surface area contributed by atoms with Crippen molar-refractivity contribution in [3.8, 4) is 21.9 Å². The molecule has 0 bridgehead atoms. The van der Waals surface area contributed by atoms with Gasteiger partial charge in [-0.25, -0.2) is 9.78 Å². The molecule has 1 atom stereocenters. The lowest BCUT2D eigenvalue weighted by Gasteiger charge is -2.13. The smallest absolute Gasteiger partial charge is 0.323 e. The van der Waals surface area contributed by atoms with Gasteiger partial charge in [0.05, 0.1) is 16.2 Å². The molecule has 1 unspecified atom stereocenters. The molecule has 2 aromatic carbocycles. The summed E-state index contributed by atoms with van der Waals surface area (Å²) in [7, 11) is -1.42. The van der Waals surface area contributed by atoms with Crippen LogP contribution in [-0.2, 0) is 0 Å². The van der Waals surface area contributed by atoms with Gasteiger partial charge in [0, 0.05) is 11.8 Å². The Morgan fingerprint density at radius 3 is 2.41 bits per heavy atom. The average Bonchev–Trinajstić information content (AvgIpc) is 3.05. The number of anilines is 2. The largest absolute Gasteiger partial charge is 0.500 e. The number of urea groups is 1. The second-order valence-electron chi connectivity index (χ2n) is 6.32. The van der Waals surface area contributed by atoms with E-state index in [2.05, 4.69) is 15.6 Å². The van der Waals surface area contributed by atoms with Crippen LogP contribution in [0.3, 0.4) is 0 Å². The lowest BCUT2D eigenvalue weighted by molar-refractivity contribution is -0.233. The summed E-state index contributed by atoms with van der Waals surface area (Å²) in [6.07, 6.45) is 1.49. The third-order valence-electron chi connectivity index (χ3n) is 4.54. The van der Waals surface area contributed by atoms with Crippen LogP contribution in [-0.4, -0.2) is 16.3 Å². The van der Waals surface area contributed by atoms with Gasteiger partial charge < -0.3 is 25.3 Å². The van der Waals surface area contributed by atoms with E-state index in [0.29, 0.717) is 43.5 Å². The summed E-state index contributed by atoms with van der Waals surface area (Å²) in [5.41, 5.74) is 1.64. The van der Waals surface area contributed by atoms with Gasteiger partial charge in [0.2, 0.25) is 4.88 Å². The van der Waals surface area contributed by atoms with Gasteiger partial charge in [-0.3, -0.25) is 0 Å². The van der Waals surface area contributed by atoms with Crippen molar-refractivity contribution in [1.29, 1.82) is 0 Å². The molecule has 7 nitrogen and oxygen atoms in total. The van der Waals surface area contributed by atoms with E-state index in [9.17, 15) is 14.7 Å². The number of thiophene rings is 1. The molecule has 2 amide bonds. The maximum Gasteiger partial charge on any atom is 0.323 e. The highest BCUT2D eigenvalue weighted by Crippen LogP contribution is 2.52. The van der Waals surface area contributed by atoms with E-state index in [1.54, 1.807) is 30.3 Å². The summed E-state index contributed by atoms with van der Waals surface area (Å²) < 4.78 is 5.80. The maximum atomic E-state index is 12.1. The zero-order chi connectivity index (χ0) is 20.0. The molecule has 2 N–H and O–H groups in total. The quantitative estimate of drug-likeness (QED) is 0.485. The Morgan fingerprint density at radius 2 is 1.69 bits per heavy atom. The molecule has 2 aromatic heterocycles. The van der Waals surface area contributed by atoms with E-state index in [1.807, 2.05) is 30.3 Å². The van der Waals surface area contributed by atoms with Gasteiger partial charge >= 0.3 is 11.3 Å². The Morgan fingerprint density at radius 1 is 0.966 bits per heavy atom. The number of ether oxygens (including phenoxy) is 1. The molecule has 0 aliphatic carbocycles.